The van der Waals surface area contributed by atoms with Crippen molar-refractivity contribution in [1.29, 1.82) is 0 Å². The van der Waals surface area contributed by atoms with Gasteiger partial charge in [-0.15, -0.1) is 0 Å². The summed E-state index contributed by atoms with van der Waals surface area (Å²) in [6.45, 7) is 5.50. The molecule has 0 bridgehead atoms. The van der Waals surface area contributed by atoms with Gasteiger partial charge in [0.2, 0.25) is 0 Å². The number of hydrogen-bond donors (Lipinski definition) is 1. The molecule has 1 atom stereocenters. The Balaban J connectivity index is 1.36. The zero-order chi connectivity index (χ0) is 32.2. The number of hydrogen-bond acceptors (Lipinski definition) is 7. The van der Waals surface area contributed by atoms with Gasteiger partial charge in [0.1, 0.15) is 0 Å². The highest BCUT2D eigenvalue weighted by atomic mass is 35.5. The van der Waals surface area contributed by atoms with Crippen molar-refractivity contribution in [1.82, 2.24) is 9.47 Å². The first-order valence-electron chi connectivity index (χ1n) is 15.1. The van der Waals surface area contributed by atoms with E-state index in [1.807, 2.05) is 48.2 Å². The van der Waals surface area contributed by atoms with Crippen LogP contribution in [0.1, 0.15) is 43.9 Å². The Labute approximate surface area is 275 Å². The summed E-state index contributed by atoms with van der Waals surface area (Å²) in [5, 5.41) is 3.50. The number of thiazole rings is 1. The molecule has 9 nitrogen and oxygen atoms in total. The van der Waals surface area contributed by atoms with Crippen molar-refractivity contribution in [2.45, 2.75) is 32.7 Å². The van der Waals surface area contributed by atoms with Crippen LogP contribution in [0.15, 0.2) is 93.9 Å². The Morgan fingerprint density at radius 2 is 1.76 bits per heavy atom. The van der Waals surface area contributed by atoms with Gasteiger partial charge in [0.15, 0.2) is 22.9 Å². The second kappa shape index (κ2) is 13.8. The summed E-state index contributed by atoms with van der Waals surface area (Å²) >= 11 is 7.45. The molecule has 2 aliphatic rings. The number of likely N-dealkylation sites (tertiary alicyclic amines) is 1. The van der Waals surface area contributed by atoms with E-state index in [0.29, 0.717) is 55.0 Å². The largest absolute Gasteiger partial charge is 0.490 e. The minimum absolute atomic E-state index is 0.0486. The third kappa shape index (κ3) is 6.63. The Bertz CT molecular complexity index is 1980. The number of nitrogens with zero attached hydrogens (tertiary/aromatic N) is 3. The van der Waals surface area contributed by atoms with Crippen molar-refractivity contribution in [3.8, 4) is 11.5 Å². The van der Waals surface area contributed by atoms with Crippen molar-refractivity contribution >= 4 is 46.5 Å². The first kappa shape index (κ1) is 31.3. The molecular formula is C35H33ClN4O5S. The Morgan fingerprint density at radius 3 is 2.48 bits per heavy atom. The Kier molecular flexibility index (Phi) is 9.37. The Hall–Kier alpha value is -4.67. The molecule has 1 fully saturated rings. The number of fused-ring (bicyclic) bond motifs is 1. The van der Waals surface area contributed by atoms with Gasteiger partial charge < -0.3 is 19.7 Å². The van der Waals surface area contributed by atoms with Crippen LogP contribution in [-0.2, 0) is 9.59 Å². The third-order valence-corrected chi connectivity index (χ3v) is 9.09. The van der Waals surface area contributed by atoms with Crippen LogP contribution in [0.3, 0.4) is 0 Å². The SMILES string of the molecule is CCOc1cc(/C=c2/sc3n(c2=O)[C@@H](c2ccc(Cl)cc2)C(C(=O)Nc2ccccc2)=C(C)N=3)ccc1OCC(=O)N1CCCC1. The van der Waals surface area contributed by atoms with Crippen molar-refractivity contribution < 1.29 is 19.1 Å². The lowest BCUT2D eigenvalue weighted by Crippen LogP contribution is -2.40. The van der Waals surface area contributed by atoms with E-state index in [1.54, 1.807) is 54.0 Å². The quantitative estimate of drug-likeness (QED) is 0.275. The molecule has 4 aromatic rings. The summed E-state index contributed by atoms with van der Waals surface area (Å²) in [5.74, 6) is 0.544. The number of para-hydroxylation sites is 1. The fraction of sp³-hybridized carbons (Fsp3) is 0.257. The van der Waals surface area contributed by atoms with Crippen molar-refractivity contribution in [3.05, 3.63) is 120 Å². The van der Waals surface area contributed by atoms with E-state index < -0.39 is 6.04 Å². The first-order chi connectivity index (χ1) is 22.3. The number of halogens is 1. The Morgan fingerprint density at radius 1 is 1.02 bits per heavy atom. The molecule has 1 saturated heterocycles. The first-order valence-corrected chi connectivity index (χ1v) is 16.3. The number of anilines is 1. The number of benzene rings is 3. The van der Waals surface area contributed by atoms with Crippen molar-refractivity contribution in [2.75, 3.05) is 31.6 Å². The molecule has 3 heterocycles. The summed E-state index contributed by atoms with van der Waals surface area (Å²) in [5.41, 5.74) is 2.69. The van der Waals surface area contributed by atoms with Gasteiger partial charge >= 0.3 is 0 Å². The summed E-state index contributed by atoms with van der Waals surface area (Å²) < 4.78 is 13.7. The van der Waals surface area contributed by atoms with Crippen LogP contribution in [0.2, 0.25) is 5.02 Å². The number of carbonyl (C=O) groups is 2. The van der Waals surface area contributed by atoms with Crippen LogP contribution in [0.4, 0.5) is 5.69 Å². The highest BCUT2D eigenvalue weighted by Crippen LogP contribution is 2.32. The molecule has 0 unspecified atom stereocenters. The molecule has 11 heteroatoms. The van der Waals surface area contributed by atoms with Crippen LogP contribution in [0.25, 0.3) is 6.08 Å². The number of carbonyl (C=O) groups excluding carboxylic acids is 2. The smallest absolute Gasteiger partial charge is 0.271 e. The van der Waals surface area contributed by atoms with E-state index in [1.165, 1.54) is 11.3 Å². The van der Waals surface area contributed by atoms with Gasteiger partial charge in [-0.05, 0) is 80.3 Å². The molecule has 3 aromatic carbocycles. The van der Waals surface area contributed by atoms with E-state index >= 15 is 0 Å². The fourth-order valence-electron chi connectivity index (χ4n) is 5.64. The number of allylic oxidation sites excluding steroid dienone is 1. The van der Waals surface area contributed by atoms with Gasteiger partial charge in [0, 0.05) is 23.8 Å². The normalized spacial score (nSPS) is 16.2. The van der Waals surface area contributed by atoms with E-state index in [0.717, 1.165) is 31.5 Å². The van der Waals surface area contributed by atoms with Crippen LogP contribution in [0.5, 0.6) is 11.5 Å². The second-order valence-electron chi connectivity index (χ2n) is 11.0. The molecule has 6 rings (SSSR count). The van der Waals surface area contributed by atoms with E-state index in [2.05, 4.69) is 5.32 Å². The molecule has 0 aliphatic carbocycles. The van der Waals surface area contributed by atoms with Gasteiger partial charge in [-0.25, -0.2) is 4.99 Å². The zero-order valence-corrected chi connectivity index (χ0v) is 27.1. The zero-order valence-electron chi connectivity index (χ0n) is 25.5. The summed E-state index contributed by atoms with van der Waals surface area (Å²) in [7, 11) is 0. The predicted octanol–water partition coefficient (Wildman–Crippen LogP) is 4.93. The van der Waals surface area contributed by atoms with Gasteiger partial charge in [-0.1, -0.05) is 59.3 Å². The van der Waals surface area contributed by atoms with E-state index in [4.69, 9.17) is 26.1 Å². The maximum Gasteiger partial charge on any atom is 0.271 e. The monoisotopic (exact) mass is 656 g/mol. The minimum atomic E-state index is -0.720. The lowest BCUT2D eigenvalue weighted by Gasteiger charge is -2.25. The van der Waals surface area contributed by atoms with E-state index in [9.17, 15) is 14.4 Å². The molecule has 0 saturated carbocycles. The molecule has 2 amide bonds. The molecule has 0 radical (unpaired) electrons. The van der Waals surface area contributed by atoms with Gasteiger partial charge in [-0.3, -0.25) is 19.0 Å². The highest BCUT2D eigenvalue weighted by molar-refractivity contribution is 7.07. The van der Waals surface area contributed by atoms with Gasteiger partial charge in [0.05, 0.1) is 28.5 Å². The number of aromatic nitrogens is 1. The summed E-state index contributed by atoms with van der Waals surface area (Å²) in [6.07, 6.45) is 3.80. The summed E-state index contributed by atoms with van der Waals surface area (Å²) in [4.78, 5) is 47.3. The maximum atomic E-state index is 14.1. The average molecular weight is 657 g/mol. The average Bonchev–Trinajstić information content (AvgIpc) is 3.69. The molecule has 0 spiro atoms. The fourth-order valence-corrected chi connectivity index (χ4v) is 6.82. The molecule has 1 N–H and O–H groups in total. The number of ether oxygens (including phenoxy) is 2. The molecule has 236 valence electrons. The van der Waals surface area contributed by atoms with Crippen LogP contribution >= 0.6 is 22.9 Å². The van der Waals surface area contributed by atoms with Crippen LogP contribution in [0, 0.1) is 0 Å². The maximum absolute atomic E-state index is 14.1. The van der Waals surface area contributed by atoms with Gasteiger partial charge in [0.25, 0.3) is 17.4 Å². The lowest BCUT2D eigenvalue weighted by atomic mass is 9.95. The standard InChI is InChI=1S/C35H33ClN4O5S/c1-3-44-28-19-23(11-16-27(28)45-21-30(41)39-17-7-8-18-39)20-29-34(43)40-32(24-12-14-25(36)15-13-24)31(22(2)37-35(40)46-29)33(42)38-26-9-5-4-6-10-26/h4-6,9-16,19-20,32H,3,7-8,17-18,21H2,1-2H3,(H,38,42)/b29-20+/t32-/m0/s1. The lowest BCUT2D eigenvalue weighted by molar-refractivity contribution is -0.132. The number of rotatable bonds is 9. The second-order valence-corrected chi connectivity index (χ2v) is 12.4. The molecule has 46 heavy (non-hydrogen) atoms. The van der Waals surface area contributed by atoms with Crippen LogP contribution in [-0.4, -0.2) is 47.6 Å². The van der Waals surface area contributed by atoms with Crippen molar-refractivity contribution in [3.63, 3.8) is 0 Å². The summed E-state index contributed by atoms with van der Waals surface area (Å²) in [6, 6.07) is 20.9. The third-order valence-electron chi connectivity index (χ3n) is 7.86. The molecule has 2 aliphatic heterocycles. The topological polar surface area (TPSA) is 102 Å². The number of nitrogens with one attached hydrogen (secondary N) is 1. The number of amides is 2. The van der Waals surface area contributed by atoms with E-state index in [-0.39, 0.29) is 24.0 Å². The highest BCUT2D eigenvalue weighted by Gasteiger charge is 2.32. The minimum Gasteiger partial charge on any atom is -0.490 e. The van der Waals surface area contributed by atoms with Crippen LogP contribution < -0.4 is 29.7 Å². The van der Waals surface area contributed by atoms with Crippen molar-refractivity contribution in [2.24, 2.45) is 4.99 Å². The predicted molar refractivity (Wildman–Crippen MR) is 179 cm³/mol. The van der Waals surface area contributed by atoms with Gasteiger partial charge in [-0.2, -0.15) is 0 Å². The molecular weight excluding hydrogens is 624 g/mol. The molecule has 1 aromatic heterocycles.